The molecule has 13 heteroatoms. The minimum absolute atomic E-state index is 0.0452. The maximum atomic E-state index is 11.4. The predicted molar refractivity (Wildman–Crippen MR) is 123 cm³/mol. The van der Waals surface area contributed by atoms with Gasteiger partial charge in [0.05, 0.1) is 15.5 Å². The summed E-state index contributed by atoms with van der Waals surface area (Å²) >= 11 is 0. The van der Waals surface area contributed by atoms with Gasteiger partial charge < -0.3 is 9.52 Å². The molecule has 1 aromatic carbocycles. The molecule has 188 valence electrons. The van der Waals surface area contributed by atoms with E-state index < -0.39 is 32.8 Å². The van der Waals surface area contributed by atoms with E-state index in [2.05, 4.69) is 22.1 Å². The van der Waals surface area contributed by atoms with E-state index in [1.165, 1.54) is 19.4 Å². The van der Waals surface area contributed by atoms with Gasteiger partial charge >= 0.3 is 23.4 Å². The van der Waals surface area contributed by atoms with Crippen molar-refractivity contribution >= 4 is 29.3 Å². The number of aromatic nitrogens is 1. The second kappa shape index (κ2) is 11.0. The molecule has 13 nitrogen and oxygen atoms in total. The van der Waals surface area contributed by atoms with Gasteiger partial charge in [-0.1, -0.05) is 19.9 Å². The van der Waals surface area contributed by atoms with Crippen LogP contribution in [0.2, 0.25) is 0 Å². The van der Waals surface area contributed by atoms with Crippen molar-refractivity contribution in [3.05, 3.63) is 55.4 Å². The first-order valence-corrected chi connectivity index (χ1v) is 11.3. The standard InChI is InChI=1S/C15H23N3O2.C7H4N2O6/c1-3-14(19)17-15-16-11-8-10-6-5-7-18(4-2)12(10)9-13(11)20-15;10-7(11)4-2-1-3-5(8(12)13)6(4)9(14)15/h10,12H,3-9H2,1-2H3,(H,16,17,19);1-3H,(H,10,11)/t10-,12-;/m0./s1. The number of carboxylic acid groups (broad SMARTS) is 1. The number of anilines is 1. The second-order valence-corrected chi connectivity index (χ2v) is 8.29. The van der Waals surface area contributed by atoms with Crippen LogP contribution in [-0.4, -0.2) is 55.8 Å². The summed E-state index contributed by atoms with van der Waals surface area (Å²) in [5.74, 6) is 0.0376. The van der Waals surface area contributed by atoms with Crippen molar-refractivity contribution in [2.24, 2.45) is 5.92 Å². The third-order valence-electron chi connectivity index (χ3n) is 6.26. The summed E-state index contributed by atoms with van der Waals surface area (Å²) in [5, 5.41) is 32.2. The summed E-state index contributed by atoms with van der Waals surface area (Å²) in [6, 6.07) is 3.86. The van der Waals surface area contributed by atoms with Crippen LogP contribution in [0.1, 0.15) is 54.9 Å². The lowest BCUT2D eigenvalue weighted by molar-refractivity contribution is -0.422. The van der Waals surface area contributed by atoms with E-state index in [0.29, 0.717) is 24.4 Å². The monoisotopic (exact) mass is 489 g/mol. The number of oxazole rings is 1. The Morgan fingerprint density at radius 1 is 1.23 bits per heavy atom. The number of nitrogens with zero attached hydrogens (tertiary/aromatic N) is 4. The summed E-state index contributed by atoms with van der Waals surface area (Å²) in [6.45, 7) is 6.35. The molecule has 0 radical (unpaired) electrons. The van der Waals surface area contributed by atoms with Crippen molar-refractivity contribution in [2.75, 3.05) is 18.4 Å². The quantitative estimate of drug-likeness (QED) is 0.450. The molecular formula is C22H27N5O8. The van der Waals surface area contributed by atoms with Gasteiger partial charge in [0.1, 0.15) is 11.3 Å². The Balaban J connectivity index is 0.000000205. The molecule has 4 rings (SSSR count). The normalized spacial score (nSPS) is 18.9. The number of nitro groups is 2. The highest BCUT2D eigenvalue weighted by Gasteiger charge is 2.37. The first-order chi connectivity index (χ1) is 16.7. The first-order valence-electron chi connectivity index (χ1n) is 11.3. The number of carboxylic acids is 1. The molecule has 1 aromatic heterocycles. The Hall–Kier alpha value is -3.87. The lowest BCUT2D eigenvalue weighted by Crippen LogP contribution is -2.48. The number of amides is 1. The Morgan fingerprint density at radius 3 is 2.57 bits per heavy atom. The van der Waals surface area contributed by atoms with Crippen LogP contribution in [-0.2, 0) is 17.6 Å². The Morgan fingerprint density at radius 2 is 1.97 bits per heavy atom. The minimum atomic E-state index is -1.58. The lowest BCUT2D eigenvalue weighted by atomic mass is 9.79. The molecule has 35 heavy (non-hydrogen) atoms. The van der Waals surface area contributed by atoms with Crippen LogP contribution < -0.4 is 5.32 Å². The fourth-order valence-corrected chi connectivity index (χ4v) is 4.58. The van der Waals surface area contributed by atoms with Gasteiger partial charge in [-0.15, -0.1) is 0 Å². The van der Waals surface area contributed by atoms with Gasteiger partial charge in [0.2, 0.25) is 5.91 Å². The number of piperidine rings is 1. The minimum Gasteiger partial charge on any atom is -0.477 e. The number of likely N-dealkylation sites (tertiary alicyclic amines) is 1. The van der Waals surface area contributed by atoms with Crippen LogP contribution in [0.25, 0.3) is 0 Å². The van der Waals surface area contributed by atoms with Gasteiger partial charge in [-0.05, 0) is 44.3 Å². The van der Waals surface area contributed by atoms with Crippen LogP contribution in [0.4, 0.5) is 17.4 Å². The van der Waals surface area contributed by atoms with Crippen LogP contribution in [0.3, 0.4) is 0 Å². The Bertz CT molecular complexity index is 1100. The van der Waals surface area contributed by atoms with Gasteiger partial charge in [0, 0.05) is 24.9 Å². The summed E-state index contributed by atoms with van der Waals surface area (Å²) in [6.07, 6.45) is 4.93. The fourth-order valence-electron chi connectivity index (χ4n) is 4.58. The van der Waals surface area contributed by atoms with Gasteiger partial charge in [0.15, 0.2) is 0 Å². The Labute approximate surface area is 200 Å². The van der Waals surface area contributed by atoms with Crippen molar-refractivity contribution < 1.29 is 29.0 Å². The number of aromatic carboxylic acids is 1. The molecule has 0 saturated carbocycles. The molecule has 1 aliphatic carbocycles. The highest BCUT2D eigenvalue weighted by molar-refractivity contribution is 5.94. The number of carbonyl (C=O) groups excluding carboxylic acids is 1. The molecule has 0 unspecified atom stereocenters. The second-order valence-electron chi connectivity index (χ2n) is 8.29. The molecule has 1 aliphatic heterocycles. The molecule has 2 N–H and O–H groups in total. The fraction of sp³-hybridized carbons (Fsp3) is 0.500. The van der Waals surface area contributed by atoms with Crippen LogP contribution in [0.15, 0.2) is 22.6 Å². The van der Waals surface area contributed by atoms with Gasteiger partial charge in [-0.3, -0.25) is 35.2 Å². The largest absolute Gasteiger partial charge is 0.477 e. The van der Waals surface area contributed by atoms with Crippen LogP contribution in [0, 0.1) is 26.1 Å². The number of nitro benzene ring substituents is 2. The molecule has 1 fully saturated rings. The predicted octanol–water partition coefficient (Wildman–Crippen LogP) is 3.42. The molecule has 1 saturated heterocycles. The average Bonchev–Trinajstić information content (AvgIpc) is 3.22. The molecule has 2 aromatic rings. The molecule has 0 spiro atoms. The number of rotatable bonds is 6. The van der Waals surface area contributed by atoms with Crippen molar-refractivity contribution in [2.45, 2.75) is 52.0 Å². The van der Waals surface area contributed by atoms with Crippen molar-refractivity contribution in [3.8, 4) is 0 Å². The van der Waals surface area contributed by atoms with Crippen LogP contribution in [0.5, 0.6) is 0 Å². The van der Waals surface area contributed by atoms with Crippen molar-refractivity contribution in [3.63, 3.8) is 0 Å². The maximum absolute atomic E-state index is 11.4. The van der Waals surface area contributed by atoms with E-state index in [9.17, 15) is 29.8 Å². The zero-order valence-electron chi connectivity index (χ0n) is 19.4. The number of likely N-dealkylation sites (N-methyl/N-ethyl adjacent to an activating group) is 1. The van der Waals surface area contributed by atoms with Crippen molar-refractivity contribution in [1.29, 1.82) is 0 Å². The van der Waals surface area contributed by atoms with E-state index in [1.54, 1.807) is 0 Å². The number of benzene rings is 1. The van der Waals surface area contributed by atoms with Crippen LogP contribution >= 0.6 is 0 Å². The maximum Gasteiger partial charge on any atom is 0.360 e. The third kappa shape index (κ3) is 5.80. The average molecular weight is 489 g/mol. The van der Waals surface area contributed by atoms with Gasteiger partial charge in [-0.2, -0.15) is 4.98 Å². The van der Waals surface area contributed by atoms with E-state index in [4.69, 9.17) is 9.52 Å². The van der Waals surface area contributed by atoms with E-state index in [1.807, 2.05) is 6.92 Å². The molecule has 2 heterocycles. The smallest absolute Gasteiger partial charge is 0.360 e. The SMILES string of the molecule is CCC(=O)Nc1nc2c(o1)C[C@H]1[C@@H](CCCN1CC)C2.O=C(O)c1cccc([N+](=O)[O-])c1[N+](=O)[O-]. The summed E-state index contributed by atoms with van der Waals surface area (Å²) in [4.78, 5) is 47.8. The number of hydrogen-bond acceptors (Lipinski definition) is 9. The number of nitrogens with one attached hydrogen (secondary N) is 1. The summed E-state index contributed by atoms with van der Waals surface area (Å²) in [7, 11) is 0. The number of carbonyl (C=O) groups is 2. The highest BCUT2D eigenvalue weighted by Crippen LogP contribution is 2.36. The van der Waals surface area contributed by atoms with E-state index >= 15 is 0 Å². The highest BCUT2D eigenvalue weighted by atomic mass is 16.6. The summed E-state index contributed by atoms with van der Waals surface area (Å²) < 4.78 is 5.75. The van der Waals surface area contributed by atoms with E-state index in [0.717, 1.165) is 49.0 Å². The Kier molecular flexibility index (Phi) is 8.12. The molecule has 2 aliphatic rings. The number of hydrogen-bond donors (Lipinski definition) is 2. The molecule has 2 atom stereocenters. The first kappa shape index (κ1) is 25.7. The lowest BCUT2D eigenvalue weighted by Gasteiger charge is -2.42. The number of para-hydroxylation sites is 1. The van der Waals surface area contributed by atoms with Crippen molar-refractivity contribution in [1.82, 2.24) is 9.88 Å². The molecular weight excluding hydrogens is 462 g/mol. The zero-order chi connectivity index (χ0) is 25.7. The summed E-state index contributed by atoms with van der Waals surface area (Å²) in [5.41, 5.74) is -1.49. The third-order valence-corrected chi connectivity index (χ3v) is 6.26. The van der Waals surface area contributed by atoms with Gasteiger partial charge in [0.25, 0.3) is 0 Å². The molecule has 0 bridgehead atoms. The number of fused-ring (bicyclic) bond motifs is 2. The molecule has 1 amide bonds. The van der Waals surface area contributed by atoms with E-state index in [-0.39, 0.29) is 5.91 Å². The topological polar surface area (TPSA) is 182 Å². The zero-order valence-corrected chi connectivity index (χ0v) is 19.4. The van der Waals surface area contributed by atoms with Gasteiger partial charge in [-0.25, -0.2) is 4.79 Å².